The normalized spacial score (nSPS) is 12.5. The van der Waals surface area contributed by atoms with Crippen molar-refractivity contribution in [1.29, 1.82) is 0 Å². The molecule has 2 rings (SSSR count). The van der Waals surface area contributed by atoms with Gasteiger partial charge in [-0.05, 0) is 43.3 Å². The topological polar surface area (TPSA) is 12.0 Å². The summed E-state index contributed by atoms with van der Waals surface area (Å²) in [5.74, 6) is -1.25. The molecule has 0 saturated heterocycles. The number of benzene rings is 2. The monoisotopic (exact) mass is 349 g/mol. The predicted octanol–water partition coefficient (Wildman–Crippen LogP) is 5.43. The first-order chi connectivity index (χ1) is 9.93. The second-order valence-corrected chi connectivity index (χ2v) is 5.76. The van der Waals surface area contributed by atoms with Gasteiger partial charge in [-0.1, -0.05) is 40.9 Å². The molecule has 0 radical (unpaired) electrons. The van der Waals surface area contributed by atoms with Crippen molar-refractivity contribution in [3.63, 3.8) is 0 Å². The second kappa shape index (κ2) is 6.93. The van der Waals surface area contributed by atoms with Crippen LogP contribution in [0, 0.1) is 11.6 Å². The van der Waals surface area contributed by atoms with Gasteiger partial charge in [-0.15, -0.1) is 0 Å². The molecule has 0 heterocycles. The average Bonchev–Trinajstić information content (AvgIpc) is 2.43. The minimum atomic E-state index is -0.668. The molecule has 1 N–H and O–H groups in total. The molecule has 0 bridgehead atoms. The van der Waals surface area contributed by atoms with Crippen LogP contribution in [0.3, 0.4) is 0 Å². The Bertz CT molecular complexity index is 641. The zero-order valence-corrected chi connectivity index (χ0v) is 13.3. The van der Waals surface area contributed by atoms with E-state index in [1.165, 1.54) is 0 Å². The van der Waals surface area contributed by atoms with E-state index in [2.05, 4.69) is 5.32 Å². The summed E-state index contributed by atoms with van der Waals surface area (Å²) in [4.78, 5) is 0. The zero-order chi connectivity index (χ0) is 15.6. The summed E-state index contributed by atoms with van der Waals surface area (Å²) in [6.45, 7) is 0. The first kappa shape index (κ1) is 16.5. The minimum Gasteiger partial charge on any atom is -0.313 e. The standard InChI is InChI=1S/C15H12Cl3F2N/c1-21-15(6-8-10(16)3-2-4-11(8)17)9-5-14(20)12(18)7-13(9)19/h2-5,7,15,21H,6H2,1H3. The molecule has 112 valence electrons. The highest BCUT2D eigenvalue weighted by Crippen LogP contribution is 2.31. The van der Waals surface area contributed by atoms with Crippen molar-refractivity contribution in [1.82, 2.24) is 5.32 Å². The van der Waals surface area contributed by atoms with E-state index in [0.717, 1.165) is 12.1 Å². The molecule has 21 heavy (non-hydrogen) atoms. The molecule has 0 amide bonds. The first-order valence-electron chi connectivity index (χ1n) is 6.18. The van der Waals surface area contributed by atoms with Gasteiger partial charge >= 0.3 is 0 Å². The first-order valence-corrected chi connectivity index (χ1v) is 7.32. The van der Waals surface area contributed by atoms with E-state index in [1.54, 1.807) is 25.2 Å². The average molecular weight is 351 g/mol. The van der Waals surface area contributed by atoms with Crippen molar-refractivity contribution in [3.05, 3.63) is 68.2 Å². The van der Waals surface area contributed by atoms with Crippen LogP contribution in [0.1, 0.15) is 17.2 Å². The summed E-state index contributed by atoms with van der Waals surface area (Å²) in [7, 11) is 1.65. The van der Waals surface area contributed by atoms with Gasteiger partial charge in [0.05, 0.1) is 5.02 Å². The van der Waals surface area contributed by atoms with Gasteiger partial charge in [0.2, 0.25) is 0 Å². The molecule has 1 atom stereocenters. The van der Waals surface area contributed by atoms with Crippen LogP contribution in [0.15, 0.2) is 30.3 Å². The van der Waals surface area contributed by atoms with E-state index >= 15 is 0 Å². The SMILES string of the molecule is CNC(Cc1c(Cl)cccc1Cl)c1cc(F)c(Cl)cc1F. The van der Waals surface area contributed by atoms with Gasteiger partial charge in [-0.2, -0.15) is 0 Å². The smallest absolute Gasteiger partial charge is 0.142 e. The molecular formula is C15H12Cl3F2N. The number of hydrogen-bond donors (Lipinski definition) is 1. The van der Waals surface area contributed by atoms with E-state index in [9.17, 15) is 8.78 Å². The summed E-state index contributed by atoms with van der Waals surface area (Å²) in [6.07, 6.45) is 0.326. The molecule has 0 aliphatic rings. The highest BCUT2D eigenvalue weighted by Gasteiger charge is 2.19. The highest BCUT2D eigenvalue weighted by atomic mass is 35.5. The van der Waals surface area contributed by atoms with E-state index in [1.807, 2.05) is 0 Å². The van der Waals surface area contributed by atoms with Crippen molar-refractivity contribution >= 4 is 34.8 Å². The summed E-state index contributed by atoms with van der Waals surface area (Å²) in [5, 5.41) is 3.66. The summed E-state index contributed by atoms with van der Waals surface area (Å²) in [6, 6.07) is 6.70. The van der Waals surface area contributed by atoms with E-state index in [0.29, 0.717) is 22.0 Å². The third-order valence-corrected chi connectivity index (χ3v) is 4.23. The lowest BCUT2D eigenvalue weighted by Crippen LogP contribution is -2.20. The Labute approximate surface area is 136 Å². The van der Waals surface area contributed by atoms with Crippen molar-refractivity contribution in [2.24, 2.45) is 0 Å². The Morgan fingerprint density at radius 2 is 1.62 bits per heavy atom. The minimum absolute atomic E-state index is 0.176. The maximum absolute atomic E-state index is 14.0. The maximum atomic E-state index is 14.0. The number of nitrogens with one attached hydrogen (secondary N) is 1. The Balaban J connectivity index is 2.39. The number of halogens is 5. The fourth-order valence-corrected chi connectivity index (χ4v) is 2.81. The van der Waals surface area contributed by atoms with E-state index in [4.69, 9.17) is 34.8 Å². The third-order valence-electron chi connectivity index (χ3n) is 3.23. The van der Waals surface area contributed by atoms with Gasteiger partial charge in [0.15, 0.2) is 0 Å². The van der Waals surface area contributed by atoms with E-state index in [-0.39, 0.29) is 10.6 Å². The molecule has 0 spiro atoms. The van der Waals surface area contributed by atoms with Crippen LogP contribution in [0.2, 0.25) is 15.1 Å². The summed E-state index contributed by atoms with van der Waals surface area (Å²) < 4.78 is 27.6. The van der Waals surface area contributed by atoms with Crippen LogP contribution < -0.4 is 5.32 Å². The largest absolute Gasteiger partial charge is 0.313 e. The lowest BCUT2D eigenvalue weighted by molar-refractivity contribution is 0.523. The fourth-order valence-electron chi connectivity index (χ4n) is 2.10. The van der Waals surface area contributed by atoms with Crippen LogP contribution in [-0.4, -0.2) is 7.05 Å². The van der Waals surface area contributed by atoms with Crippen LogP contribution in [0.25, 0.3) is 0 Å². The molecule has 2 aromatic rings. The summed E-state index contributed by atoms with van der Waals surface area (Å²) >= 11 is 17.8. The Morgan fingerprint density at radius 1 is 1.00 bits per heavy atom. The molecule has 0 saturated carbocycles. The molecule has 0 aromatic heterocycles. The predicted molar refractivity (Wildman–Crippen MR) is 83.3 cm³/mol. The zero-order valence-electron chi connectivity index (χ0n) is 11.1. The molecule has 1 nitrogen and oxygen atoms in total. The molecule has 6 heteroatoms. The van der Waals surface area contributed by atoms with Gasteiger partial charge in [0, 0.05) is 21.7 Å². The van der Waals surface area contributed by atoms with Crippen molar-refractivity contribution < 1.29 is 8.78 Å². The van der Waals surface area contributed by atoms with Crippen LogP contribution in [0.4, 0.5) is 8.78 Å². The molecule has 1 unspecified atom stereocenters. The van der Waals surface area contributed by atoms with Gasteiger partial charge in [-0.25, -0.2) is 8.78 Å². The van der Waals surface area contributed by atoms with Crippen LogP contribution >= 0.6 is 34.8 Å². The van der Waals surface area contributed by atoms with Gasteiger partial charge in [-0.3, -0.25) is 0 Å². The Kier molecular flexibility index (Phi) is 5.44. The Morgan fingerprint density at radius 3 is 2.19 bits per heavy atom. The quantitative estimate of drug-likeness (QED) is 0.725. The van der Waals surface area contributed by atoms with Gasteiger partial charge in [0.25, 0.3) is 0 Å². The van der Waals surface area contributed by atoms with Gasteiger partial charge < -0.3 is 5.32 Å². The van der Waals surface area contributed by atoms with Crippen LogP contribution in [-0.2, 0) is 6.42 Å². The van der Waals surface area contributed by atoms with Crippen molar-refractivity contribution in [3.8, 4) is 0 Å². The van der Waals surface area contributed by atoms with Crippen molar-refractivity contribution in [2.45, 2.75) is 12.5 Å². The Hall–Kier alpha value is -0.870. The third kappa shape index (κ3) is 3.67. The maximum Gasteiger partial charge on any atom is 0.142 e. The molecule has 0 aliphatic heterocycles. The molecule has 2 aromatic carbocycles. The number of rotatable bonds is 4. The van der Waals surface area contributed by atoms with Crippen LogP contribution in [0.5, 0.6) is 0 Å². The lowest BCUT2D eigenvalue weighted by atomic mass is 9.98. The molecular weight excluding hydrogens is 339 g/mol. The second-order valence-electron chi connectivity index (χ2n) is 4.53. The number of hydrogen-bond acceptors (Lipinski definition) is 1. The molecule has 0 aliphatic carbocycles. The van der Waals surface area contributed by atoms with Gasteiger partial charge in [0.1, 0.15) is 11.6 Å². The number of likely N-dealkylation sites (N-methyl/N-ethyl adjacent to an activating group) is 1. The van der Waals surface area contributed by atoms with Crippen molar-refractivity contribution in [2.75, 3.05) is 7.05 Å². The lowest BCUT2D eigenvalue weighted by Gasteiger charge is -2.19. The molecule has 0 fully saturated rings. The highest BCUT2D eigenvalue weighted by molar-refractivity contribution is 6.36. The summed E-state index contributed by atoms with van der Waals surface area (Å²) in [5.41, 5.74) is 0.852. The fraction of sp³-hybridized carbons (Fsp3) is 0.200. The van der Waals surface area contributed by atoms with E-state index < -0.39 is 17.7 Å².